The molecule has 0 aliphatic rings. The van der Waals surface area contributed by atoms with E-state index in [2.05, 4.69) is 86.6 Å². The summed E-state index contributed by atoms with van der Waals surface area (Å²) in [7, 11) is 0. The van der Waals surface area contributed by atoms with Crippen molar-refractivity contribution in [2.75, 3.05) is 11.5 Å². The van der Waals surface area contributed by atoms with Gasteiger partial charge in [-0.2, -0.15) is 0 Å². The summed E-state index contributed by atoms with van der Waals surface area (Å²) in [6.45, 7) is 4.31. The Morgan fingerprint density at radius 1 is 0.444 bits per heavy atom. The molecule has 0 fully saturated rings. The van der Waals surface area contributed by atoms with Crippen molar-refractivity contribution in [1.29, 1.82) is 0 Å². The number of hydrogen-bond donors (Lipinski definition) is 2. The predicted molar refractivity (Wildman–Crippen MR) is 156 cm³/mol. The molecule has 4 aromatic carbocycles. The van der Waals surface area contributed by atoms with Gasteiger partial charge in [-0.15, -0.1) is 0 Å². The zero-order valence-electron chi connectivity index (χ0n) is 21.9. The van der Waals surface area contributed by atoms with E-state index in [0.717, 1.165) is 49.9 Å². The first kappa shape index (κ1) is 25.6. The number of rotatable bonds is 11. The molecular weight excluding hydrogens is 436 g/mol. The van der Waals surface area contributed by atoms with Gasteiger partial charge in [-0.05, 0) is 108 Å². The number of aryl methyl sites for hydroxylation is 4. The SMILES string of the molecule is CCc1cc(Cc2ccc(CCCCc3ccc(Cc4ccc(N)c(CC)c4)cc3)cc2)ccc1N. The Balaban J connectivity index is 1.21. The molecule has 0 aliphatic heterocycles. The molecular formula is C34H40N2. The zero-order chi connectivity index (χ0) is 25.3. The highest BCUT2D eigenvalue weighted by Crippen LogP contribution is 2.20. The maximum absolute atomic E-state index is 6.05. The number of nitrogens with two attached hydrogens (primary N) is 2. The molecule has 0 atom stereocenters. The van der Waals surface area contributed by atoms with Gasteiger partial charge in [0.05, 0.1) is 0 Å². The van der Waals surface area contributed by atoms with Crippen LogP contribution in [0.25, 0.3) is 0 Å². The Morgan fingerprint density at radius 3 is 1.14 bits per heavy atom. The average molecular weight is 477 g/mol. The molecule has 2 heteroatoms. The minimum atomic E-state index is 0.899. The molecule has 2 nitrogen and oxygen atoms in total. The summed E-state index contributed by atoms with van der Waals surface area (Å²) in [5.41, 5.74) is 24.6. The van der Waals surface area contributed by atoms with Crippen LogP contribution in [0.5, 0.6) is 0 Å². The Bertz CT molecular complexity index is 1150. The highest BCUT2D eigenvalue weighted by molar-refractivity contribution is 5.50. The highest BCUT2D eigenvalue weighted by Gasteiger charge is 2.04. The monoisotopic (exact) mass is 476 g/mol. The van der Waals surface area contributed by atoms with Crippen molar-refractivity contribution in [3.63, 3.8) is 0 Å². The van der Waals surface area contributed by atoms with Crippen LogP contribution >= 0.6 is 0 Å². The van der Waals surface area contributed by atoms with E-state index in [4.69, 9.17) is 11.5 Å². The van der Waals surface area contributed by atoms with E-state index in [-0.39, 0.29) is 0 Å². The molecule has 0 amide bonds. The first-order valence-corrected chi connectivity index (χ1v) is 13.4. The third kappa shape index (κ3) is 7.01. The first-order valence-electron chi connectivity index (χ1n) is 13.4. The normalized spacial score (nSPS) is 11.1. The molecule has 4 N–H and O–H groups in total. The fraction of sp³-hybridized carbons (Fsp3) is 0.294. The van der Waals surface area contributed by atoms with Crippen LogP contribution < -0.4 is 11.5 Å². The van der Waals surface area contributed by atoms with Crippen LogP contribution in [0.15, 0.2) is 84.9 Å². The zero-order valence-corrected chi connectivity index (χ0v) is 21.9. The third-order valence-corrected chi connectivity index (χ3v) is 7.22. The van der Waals surface area contributed by atoms with Gasteiger partial charge in [0.15, 0.2) is 0 Å². The molecule has 0 heterocycles. The largest absolute Gasteiger partial charge is 0.399 e. The summed E-state index contributed by atoms with van der Waals surface area (Å²) >= 11 is 0. The van der Waals surface area contributed by atoms with E-state index in [1.807, 2.05) is 12.1 Å². The maximum atomic E-state index is 6.05. The molecule has 0 saturated carbocycles. The van der Waals surface area contributed by atoms with Crippen LogP contribution in [0.4, 0.5) is 11.4 Å². The number of anilines is 2. The van der Waals surface area contributed by atoms with Gasteiger partial charge >= 0.3 is 0 Å². The molecule has 0 aromatic heterocycles. The van der Waals surface area contributed by atoms with Crippen LogP contribution in [0, 0.1) is 0 Å². The molecule has 0 bridgehead atoms. The van der Waals surface area contributed by atoms with Gasteiger partial charge < -0.3 is 11.5 Å². The van der Waals surface area contributed by atoms with Crippen molar-refractivity contribution in [3.05, 3.63) is 129 Å². The molecule has 0 spiro atoms. The van der Waals surface area contributed by atoms with Crippen molar-refractivity contribution in [2.24, 2.45) is 0 Å². The molecule has 0 aliphatic carbocycles. The lowest BCUT2D eigenvalue weighted by atomic mass is 9.97. The van der Waals surface area contributed by atoms with Gasteiger partial charge in [-0.25, -0.2) is 0 Å². The van der Waals surface area contributed by atoms with Gasteiger partial charge in [-0.1, -0.05) is 86.6 Å². The lowest BCUT2D eigenvalue weighted by Crippen LogP contribution is -1.96. The van der Waals surface area contributed by atoms with Crippen molar-refractivity contribution >= 4 is 11.4 Å². The lowest BCUT2D eigenvalue weighted by Gasteiger charge is -2.09. The second kappa shape index (κ2) is 12.4. The molecule has 36 heavy (non-hydrogen) atoms. The van der Waals surface area contributed by atoms with Gasteiger partial charge in [-0.3, -0.25) is 0 Å². The summed E-state index contributed by atoms with van der Waals surface area (Å²) in [6.07, 6.45) is 8.57. The van der Waals surface area contributed by atoms with Crippen LogP contribution in [-0.4, -0.2) is 0 Å². The van der Waals surface area contributed by atoms with Crippen LogP contribution in [0.2, 0.25) is 0 Å². The Morgan fingerprint density at radius 2 is 0.778 bits per heavy atom. The van der Waals surface area contributed by atoms with Crippen LogP contribution in [0.1, 0.15) is 71.2 Å². The molecule has 186 valence electrons. The van der Waals surface area contributed by atoms with Gasteiger partial charge in [0, 0.05) is 11.4 Å². The predicted octanol–water partition coefficient (Wildman–Crippen LogP) is 7.72. The standard InChI is InChI=1S/C34H40N2/c1-3-31-23-29(17-19-33(31)35)21-27-13-9-25(10-14-27)7-5-6-8-26-11-15-28(16-12-26)22-30-18-20-34(36)32(4-2)24-30/h9-20,23-24H,3-8,21-22,35-36H2,1-2H3. The summed E-state index contributed by atoms with van der Waals surface area (Å²) in [5.74, 6) is 0. The lowest BCUT2D eigenvalue weighted by molar-refractivity contribution is 0.734. The fourth-order valence-electron chi connectivity index (χ4n) is 4.93. The van der Waals surface area contributed by atoms with E-state index in [9.17, 15) is 0 Å². The first-order chi connectivity index (χ1) is 17.5. The van der Waals surface area contributed by atoms with E-state index >= 15 is 0 Å². The number of unbranched alkanes of at least 4 members (excludes halogenated alkanes) is 1. The summed E-state index contributed by atoms with van der Waals surface area (Å²) in [4.78, 5) is 0. The van der Waals surface area contributed by atoms with E-state index in [1.54, 1.807) is 0 Å². The number of hydrogen-bond acceptors (Lipinski definition) is 2. The second-order valence-corrected chi connectivity index (χ2v) is 9.97. The van der Waals surface area contributed by atoms with Crippen LogP contribution in [0.3, 0.4) is 0 Å². The topological polar surface area (TPSA) is 52.0 Å². The van der Waals surface area contributed by atoms with Crippen LogP contribution in [-0.2, 0) is 38.5 Å². The van der Waals surface area contributed by atoms with Gasteiger partial charge in [0.2, 0.25) is 0 Å². The van der Waals surface area contributed by atoms with Crippen molar-refractivity contribution in [2.45, 2.75) is 65.2 Å². The van der Waals surface area contributed by atoms with Crippen molar-refractivity contribution < 1.29 is 0 Å². The minimum Gasteiger partial charge on any atom is -0.399 e. The Labute approximate surface area is 217 Å². The minimum absolute atomic E-state index is 0.899. The Hall–Kier alpha value is -3.52. The summed E-state index contributed by atoms with van der Waals surface area (Å²) in [5, 5.41) is 0. The fourth-order valence-corrected chi connectivity index (χ4v) is 4.93. The number of benzene rings is 4. The van der Waals surface area contributed by atoms with Crippen molar-refractivity contribution in [3.8, 4) is 0 Å². The smallest absolute Gasteiger partial charge is 0.0346 e. The number of nitrogen functional groups attached to an aromatic ring is 2. The van der Waals surface area contributed by atoms with Gasteiger partial charge in [0.25, 0.3) is 0 Å². The molecule has 4 rings (SSSR count). The highest BCUT2D eigenvalue weighted by atomic mass is 14.6. The Kier molecular flexibility index (Phi) is 8.84. The van der Waals surface area contributed by atoms with E-state index in [1.165, 1.54) is 57.3 Å². The average Bonchev–Trinajstić information content (AvgIpc) is 2.90. The van der Waals surface area contributed by atoms with Crippen molar-refractivity contribution in [1.82, 2.24) is 0 Å². The molecule has 0 unspecified atom stereocenters. The molecule has 0 saturated heterocycles. The van der Waals surface area contributed by atoms with E-state index in [0.29, 0.717) is 0 Å². The molecule has 4 aromatic rings. The summed E-state index contributed by atoms with van der Waals surface area (Å²) < 4.78 is 0. The second-order valence-electron chi connectivity index (χ2n) is 9.97. The van der Waals surface area contributed by atoms with Gasteiger partial charge in [0.1, 0.15) is 0 Å². The quantitative estimate of drug-likeness (QED) is 0.172. The maximum Gasteiger partial charge on any atom is 0.0346 e. The van der Waals surface area contributed by atoms with E-state index < -0.39 is 0 Å². The molecule has 0 radical (unpaired) electrons. The third-order valence-electron chi connectivity index (χ3n) is 7.22. The summed E-state index contributed by atoms with van der Waals surface area (Å²) in [6, 6.07) is 31.2.